The van der Waals surface area contributed by atoms with E-state index in [0.717, 1.165) is 24.3 Å². The summed E-state index contributed by atoms with van der Waals surface area (Å²) in [4.78, 5) is 0. The number of nitrogens with zero attached hydrogens (tertiary/aromatic N) is 1. The largest absolute Gasteiger partial charge is 0.361 e. The highest BCUT2D eigenvalue weighted by Crippen LogP contribution is 2.12. The molecule has 0 aliphatic carbocycles. The first kappa shape index (κ1) is 4.99. The van der Waals surface area contributed by atoms with Crippen LogP contribution in [0.15, 0.2) is 10.7 Å². The Bertz CT molecular complexity index is 186. The van der Waals surface area contributed by atoms with Crippen LogP contribution >= 0.6 is 0 Å². The standard InChI is InChI=1S/C6H6N2O/c1-2-7-3-5-4-8-9-6(1)5/h4,7H,1-2H2. The molecule has 1 aliphatic heterocycles. The molecule has 2 rings (SSSR count). The summed E-state index contributed by atoms with van der Waals surface area (Å²) in [6, 6.07) is 0. The lowest BCUT2D eigenvalue weighted by molar-refractivity contribution is 0.378. The molecule has 9 heavy (non-hydrogen) atoms. The maximum Gasteiger partial charge on any atom is 0.143 e. The molecule has 0 bridgehead atoms. The van der Waals surface area contributed by atoms with Crippen LogP contribution in [0.1, 0.15) is 11.3 Å². The van der Waals surface area contributed by atoms with Crippen LogP contribution in [0.2, 0.25) is 0 Å². The zero-order valence-corrected chi connectivity index (χ0v) is 4.85. The molecule has 0 fully saturated rings. The van der Waals surface area contributed by atoms with Crippen LogP contribution in [-0.2, 0) is 6.42 Å². The zero-order valence-electron chi connectivity index (χ0n) is 4.85. The van der Waals surface area contributed by atoms with Gasteiger partial charge in [0.2, 0.25) is 0 Å². The van der Waals surface area contributed by atoms with Gasteiger partial charge in [0.15, 0.2) is 0 Å². The maximum absolute atomic E-state index is 4.90. The molecule has 0 spiro atoms. The molecule has 0 unspecified atom stereocenters. The van der Waals surface area contributed by atoms with Crippen LogP contribution in [0.4, 0.5) is 0 Å². The van der Waals surface area contributed by atoms with Crippen molar-refractivity contribution in [3.63, 3.8) is 0 Å². The van der Waals surface area contributed by atoms with E-state index in [-0.39, 0.29) is 0 Å². The Morgan fingerprint density at radius 2 is 2.78 bits per heavy atom. The Hall–Kier alpha value is -0.830. The van der Waals surface area contributed by atoms with E-state index >= 15 is 0 Å². The number of rotatable bonds is 0. The number of hydrogen-bond acceptors (Lipinski definition) is 3. The second kappa shape index (κ2) is 1.84. The van der Waals surface area contributed by atoms with Crippen LogP contribution in [0.25, 0.3) is 0 Å². The van der Waals surface area contributed by atoms with Crippen LogP contribution in [0.5, 0.6) is 0 Å². The third-order valence-corrected chi connectivity index (χ3v) is 1.35. The fourth-order valence-corrected chi connectivity index (χ4v) is 0.880. The Morgan fingerprint density at radius 3 is 3.67 bits per heavy atom. The minimum atomic E-state index is 0.905. The number of aromatic nitrogens is 1. The summed E-state index contributed by atoms with van der Waals surface area (Å²) in [5.74, 6) is 0.939. The monoisotopic (exact) mass is 122 g/mol. The zero-order chi connectivity index (χ0) is 6.10. The van der Waals surface area contributed by atoms with E-state index < -0.39 is 0 Å². The first-order chi connectivity index (χ1) is 4.47. The van der Waals surface area contributed by atoms with Crippen molar-refractivity contribution in [1.29, 1.82) is 0 Å². The van der Waals surface area contributed by atoms with Gasteiger partial charge in [-0.1, -0.05) is 5.16 Å². The van der Waals surface area contributed by atoms with Crippen molar-refractivity contribution in [2.75, 3.05) is 6.54 Å². The minimum absolute atomic E-state index is 0.905. The SMILES string of the molecule is [C]1NCCc2oncc21. The smallest absolute Gasteiger partial charge is 0.143 e. The topological polar surface area (TPSA) is 38.1 Å². The van der Waals surface area contributed by atoms with Crippen LogP contribution in [0.3, 0.4) is 0 Å². The minimum Gasteiger partial charge on any atom is -0.361 e. The van der Waals surface area contributed by atoms with Crippen molar-refractivity contribution >= 4 is 0 Å². The molecule has 0 saturated heterocycles. The summed E-state index contributed by atoms with van der Waals surface area (Å²) in [5, 5.41) is 6.60. The first-order valence-corrected chi connectivity index (χ1v) is 2.89. The fraction of sp³-hybridized carbons (Fsp3) is 0.333. The summed E-state index contributed by atoms with van der Waals surface area (Å²) >= 11 is 0. The molecule has 3 nitrogen and oxygen atoms in total. The second-order valence-corrected chi connectivity index (χ2v) is 1.96. The Balaban J connectivity index is 2.39. The molecule has 1 aliphatic rings. The van der Waals surface area contributed by atoms with Gasteiger partial charge in [0, 0.05) is 18.5 Å². The van der Waals surface area contributed by atoms with E-state index in [0.29, 0.717) is 0 Å². The van der Waals surface area contributed by atoms with Gasteiger partial charge in [-0.05, 0) is 0 Å². The predicted molar refractivity (Wildman–Crippen MR) is 30.6 cm³/mol. The average Bonchev–Trinajstić information content (AvgIpc) is 2.33. The lowest BCUT2D eigenvalue weighted by Crippen LogP contribution is -2.19. The Morgan fingerprint density at radius 1 is 1.78 bits per heavy atom. The highest BCUT2D eigenvalue weighted by Gasteiger charge is 2.12. The normalized spacial score (nSPS) is 17.3. The fourth-order valence-electron chi connectivity index (χ4n) is 0.880. The Kier molecular flexibility index (Phi) is 1.02. The molecule has 2 radical (unpaired) electrons. The van der Waals surface area contributed by atoms with Gasteiger partial charge in [0.25, 0.3) is 0 Å². The summed E-state index contributed by atoms with van der Waals surface area (Å²) in [5.41, 5.74) is 0.959. The van der Waals surface area contributed by atoms with Crippen molar-refractivity contribution in [2.24, 2.45) is 0 Å². The molecule has 46 valence electrons. The quantitative estimate of drug-likeness (QED) is 0.534. The van der Waals surface area contributed by atoms with E-state index in [1.165, 1.54) is 0 Å². The molecular formula is C6H6N2O. The molecule has 0 amide bonds. The highest BCUT2D eigenvalue weighted by atomic mass is 16.5. The van der Waals surface area contributed by atoms with Crippen LogP contribution < -0.4 is 5.32 Å². The van der Waals surface area contributed by atoms with Gasteiger partial charge in [-0.25, -0.2) is 0 Å². The lowest BCUT2D eigenvalue weighted by atomic mass is 10.1. The van der Waals surface area contributed by atoms with Gasteiger partial charge < -0.3 is 9.84 Å². The van der Waals surface area contributed by atoms with Gasteiger partial charge in [-0.3, -0.25) is 0 Å². The molecule has 0 saturated carbocycles. The molecule has 1 N–H and O–H groups in total. The summed E-state index contributed by atoms with van der Waals surface area (Å²) in [7, 11) is 0. The highest BCUT2D eigenvalue weighted by molar-refractivity contribution is 5.24. The number of fused-ring (bicyclic) bond motifs is 1. The third-order valence-electron chi connectivity index (χ3n) is 1.35. The molecule has 3 heteroatoms. The van der Waals surface area contributed by atoms with E-state index in [1.54, 1.807) is 6.20 Å². The molecule has 2 heterocycles. The van der Waals surface area contributed by atoms with Crippen molar-refractivity contribution < 1.29 is 4.52 Å². The maximum atomic E-state index is 4.90. The van der Waals surface area contributed by atoms with Gasteiger partial charge in [0.1, 0.15) is 5.76 Å². The van der Waals surface area contributed by atoms with E-state index in [4.69, 9.17) is 4.52 Å². The van der Waals surface area contributed by atoms with Gasteiger partial charge in [-0.15, -0.1) is 0 Å². The Labute approximate surface area is 53.0 Å². The lowest BCUT2D eigenvalue weighted by Gasteiger charge is -2.06. The molecule has 1 aromatic heterocycles. The summed E-state index contributed by atoms with van der Waals surface area (Å²) in [6.45, 7) is 3.84. The van der Waals surface area contributed by atoms with Crippen molar-refractivity contribution in [3.8, 4) is 0 Å². The van der Waals surface area contributed by atoms with Gasteiger partial charge in [0.05, 0.1) is 12.7 Å². The van der Waals surface area contributed by atoms with Gasteiger partial charge >= 0.3 is 0 Å². The number of nitrogens with one attached hydrogen (secondary N) is 1. The van der Waals surface area contributed by atoms with Crippen molar-refractivity contribution in [3.05, 3.63) is 24.1 Å². The van der Waals surface area contributed by atoms with E-state index in [2.05, 4.69) is 17.0 Å². The van der Waals surface area contributed by atoms with E-state index in [9.17, 15) is 0 Å². The molecule has 1 aromatic rings. The summed E-state index contributed by atoms with van der Waals surface area (Å²) in [6.07, 6.45) is 2.59. The summed E-state index contributed by atoms with van der Waals surface area (Å²) < 4.78 is 4.90. The van der Waals surface area contributed by atoms with Crippen molar-refractivity contribution in [2.45, 2.75) is 6.42 Å². The predicted octanol–water partition coefficient (Wildman–Crippen LogP) is 0.207. The first-order valence-electron chi connectivity index (χ1n) is 2.89. The molecule has 0 aromatic carbocycles. The van der Waals surface area contributed by atoms with Crippen molar-refractivity contribution in [1.82, 2.24) is 10.5 Å². The van der Waals surface area contributed by atoms with E-state index in [1.807, 2.05) is 0 Å². The third kappa shape index (κ3) is 0.733. The molecule has 0 atom stereocenters. The number of hydrogen-bond donors (Lipinski definition) is 1. The van der Waals surface area contributed by atoms with Gasteiger partial charge in [-0.2, -0.15) is 0 Å². The molecular weight excluding hydrogens is 116 g/mol. The van der Waals surface area contributed by atoms with Crippen LogP contribution in [-0.4, -0.2) is 11.7 Å². The average molecular weight is 122 g/mol. The van der Waals surface area contributed by atoms with Crippen LogP contribution in [0, 0.1) is 6.54 Å². The second-order valence-electron chi connectivity index (χ2n) is 1.96.